The van der Waals surface area contributed by atoms with E-state index in [0.29, 0.717) is 30.4 Å². The normalized spacial score (nSPS) is 15.5. The van der Waals surface area contributed by atoms with Crippen LogP contribution in [0.4, 0.5) is 10.5 Å². The zero-order chi connectivity index (χ0) is 27.2. The summed E-state index contributed by atoms with van der Waals surface area (Å²) < 4.78 is 6.17. The number of hydrogen-bond acceptors (Lipinski definition) is 4. The fourth-order valence-corrected chi connectivity index (χ4v) is 5.62. The molecule has 3 aromatic rings. The highest BCUT2D eigenvalue weighted by Crippen LogP contribution is 2.34. The molecule has 1 aliphatic rings. The third-order valence-electron chi connectivity index (χ3n) is 7.10. The van der Waals surface area contributed by atoms with Gasteiger partial charge in [-0.05, 0) is 79.1 Å². The summed E-state index contributed by atoms with van der Waals surface area (Å²) in [5, 5.41) is 5.73. The van der Waals surface area contributed by atoms with Gasteiger partial charge in [0.15, 0.2) is 0 Å². The van der Waals surface area contributed by atoms with Crippen molar-refractivity contribution in [1.82, 2.24) is 9.80 Å². The summed E-state index contributed by atoms with van der Waals surface area (Å²) >= 11 is 7.90. The molecule has 0 bridgehead atoms. The van der Waals surface area contributed by atoms with Crippen molar-refractivity contribution < 1.29 is 14.3 Å². The Labute approximate surface area is 234 Å². The van der Waals surface area contributed by atoms with Gasteiger partial charge in [-0.2, -0.15) is 0 Å². The van der Waals surface area contributed by atoms with Crippen molar-refractivity contribution in [1.29, 1.82) is 0 Å². The smallest absolute Gasteiger partial charge is 0.322 e. The molecule has 2 aromatic carbocycles. The molecule has 0 radical (unpaired) electrons. The Balaban J connectivity index is 1.51. The van der Waals surface area contributed by atoms with Crippen molar-refractivity contribution in [2.75, 3.05) is 31.6 Å². The number of thiophene rings is 1. The highest BCUT2D eigenvalue weighted by atomic mass is 35.5. The Kier molecular flexibility index (Phi) is 9.34. The number of carbonyl (C=O) groups excluding carboxylic acids is 2. The largest absolute Gasteiger partial charge is 0.491 e. The maximum Gasteiger partial charge on any atom is 0.322 e. The molecule has 3 amide bonds. The molecule has 1 N–H and O–H groups in total. The number of anilines is 1. The van der Waals surface area contributed by atoms with Crippen molar-refractivity contribution in [3.05, 3.63) is 80.5 Å². The van der Waals surface area contributed by atoms with Gasteiger partial charge in [0.05, 0.1) is 6.04 Å². The van der Waals surface area contributed by atoms with E-state index in [-0.39, 0.29) is 30.4 Å². The summed E-state index contributed by atoms with van der Waals surface area (Å²) in [5.41, 5.74) is 3.90. The average Bonchev–Trinajstić information content (AvgIpc) is 3.39. The van der Waals surface area contributed by atoms with Gasteiger partial charge >= 0.3 is 6.03 Å². The van der Waals surface area contributed by atoms with Gasteiger partial charge in [0.1, 0.15) is 18.9 Å². The molecule has 6 nitrogen and oxygen atoms in total. The van der Waals surface area contributed by atoms with E-state index in [0.717, 1.165) is 35.3 Å². The van der Waals surface area contributed by atoms with E-state index in [4.69, 9.17) is 16.3 Å². The van der Waals surface area contributed by atoms with E-state index < -0.39 is 0 Å². The zero-order valence-electron chi connectivity index (χ0n) is 22.5. The first-order valence-electron chi connectivity index (χ1n) is 13.1. The summed E-state index contributed by atoms with van der Waals surface area (Å²) in [6, 6.07) is 14.9. The van der Waals surface area contributed by atoms with Crippen LogP contribution in [0.5, 0.6) is 5.75 Å². The summed E-state index contributed by atoms with van der Waals surface area (Å²) in [4.78, 5) is 31.8. The van der Waals surface area contributed by atoms with E-state index in [9.17, 15) is 9.59 Å². The topological polar surface area (TPSA) is 61.9 Å². The van der Waals surface area contributed by atoms with Crippen molar-refractivity contribution in [3.8, 4) is 5.75 Å². The van der Waals surface area contributed by atoms with Gasteiger partial charge in [-0.25, -0.2) is 4.79 Å². The van der Waals surface area contributed by atoms with Crippen LogP contribution in [0.25, 0.3) is 0 Å². The van der Waals surface area contributed by atoms with Crippen LogP contribution < -0.4 is 10.1 Å². The van der Waals surface area contributed by atoms with Crippen LogP contribution in [0, 0.1) is 19.8 Å². The number of ether oxygens (including phenoxy) is 1. The van der Waals surface area contributed by atoms with E-state index in [1.165, 1.54) is 4.88 Å². The molecule has 4 rings (SSSR count). The van der Waals surface area contributed by atoms with Crippen molar-refractivity contribution >= 4 is 40.6 Å². The molecule has 0 unspecified atom stereocenters. The third-order valence-corrected chi connectivity index (χ3v) is 8.52. The predicted molar refractivity (Wildman–Crippen MR) is 155 cm³/mol. The fraction of sp³-hybridized carbons (Fsp3) is 0.400. The first-order valence-corrected chi connectivity index (χ1v) is 14.4. The standard InChI is InChI=1S/C30H36ClN3O3S/c1-5-20(2)17-33(30(36)32-23-8-6-21(3)7-9-23)18-29(35)34-14-12-28-25(13-15-38-28)27(34)19-37-24-10-11-26(31)22(4)16-24/h6-11,13,15-16,20,27H,5,12,14,17-19H2,1-4H3,(H,32,36)/t20-,27-/m0/s1. The number of fused-ring (bicyclic) bond motifs is 1. The van der Waals surface area contributed by atoms with Crippen molar-refractivity contribution in [3.63, 3.8) is 0 Å². The van der Waals surface area contributed by atoms with Crippen LogP contribution >= 0.6 is 22.9 Å². The fourth-order valence-electron chi connectivity index (χ4n) is 4.57. The molecular weight excluding hydrogens is 518 g/mol. The summed E-state index contributed by atoms with van der Waals surface area (Å²) in [6.45, 7) is 9.58. The summed E-state index contributed by atoms with van der Waals surface area (Å²) in [5.74, 6) is 0.909. The lowest BCUT2D eigenvalue weighted by Gasteiger charge is -2.37. The van der Waals surface area contributed by atoms with Gasteiger partial charge in [0.2, 0.25) is 5.91 Å². The van der Waals surface area contributed by atoms with Crippen molar-refractivity contribution in [2.24, 2.45) is 5.92 Å². The monoisotopic (exact) mass is 553 g/mol. The molecule has 0 fully saturated rings. The summed E-state index contributed by atoms with van der Waals surface area (Å²) in [7, 11) is 0. The molecule has 8 heteroatoms. The Morgan fingerprint density at radius 1 is 1.18 bits per heavy atom. The molecule has 2 atom stereocenters. The maximum absolute atomic E-state index is 13.8. The minimum absolute atomic E-state index is 0.0120. The molecule has 0 saturated carbocycles. The number of urea groups is 1. The number of rotatable bonds is 9. The lowest BCUT2D eigenvalue weighted by molar-refractivity contribution is -0.135. The molecule has 1 aliphatic heterocycles. The SMILES string of the molecule is CC[C@H](C)CN(CC(=O)N1CCc2sccc2[C@@H]1COc1ccc(Cl)c(C)c1)C(=O)Nc1ccc(C)cc1. The van der Waals surface area contributed by atoms with Gasteiger partial charge in [0, 0.05) is 28.7 Å². The Hall–Kier alpha value is -3.03. The number of nitrogens with one attached hydrogen (secondary N) is 1. The van der Waals surface area contributed by atoms with E-state index in [1.54, 1.807) is 16.2 Å². The third kappa shape index (κ3) is 6.88. The number of hydrogen-bond donors (Lipinski definition) is 1. The van der Waals surface area contributed by atoms with Crippen LogP contribution in [0.2, 0.25) is 5.02 Å². The number of carbonyl (C=O) groups is 2. The Morgan fingerprint density at radius 2 is 1.95 bits per heavy atom. The summed E-state index contributed by atoms with van der Waals surface area (Å²) in [6.07, 6.45) is 1.72. The molecule has 0 spiro atoms. The molecule has 202 valence electrons. The highest BCUT2D eigenvalue weighted by Gasteiger charge is 2.33. The number of aryl methyl sites for hydroxylation is 2. The molecular formula is C30H36ClN3O3S. The maximum atomic E-state index is 13.8. The number of halogens is 1. The molecule has 2 heterocycles. The molecule has 38 heavy (non-hydrogen) atoms. The van der Waals surface area contributed by atoms with Crippen LogP contribution in [0.3, 0.4) is 0 Å². The Bertz CT molecular complexity index is 1260. The minimum Gasteiger partial charge on any atom is -0.491 e. The minimum atomic E-state index is -0.264. The van der Waals surface area contributed by atoms with Crippen LogP contribution in [-0.2, 0) is 11.2 Å². The van der Waals surface area contributed by atoms with Crippen LogP contribution in [0.15, 0.2) is 53.9 Å². The van der Waals surface area contributed by atoms with Crippen LogP contribution in [0.1, 0.15) is 47.9 Å². The first kappa shape index (κ1) is 28.0. The van der Waals surface area contributed by atoms with E-state index in [2.05, 4.69) is 30.6 Å². The molecule has 0 saturated heterocycles. The molecule has 0 aliphatic carbocycles. The van der Waals surface area contributed by atoms with Gasteiger partial charge in [0.25, 0.3) is 0 Å². The number of amides is 3. The lowest BCUT2D eigenvalue weighted by Crippen LogP contribution is -2.49. The second kappa shape index (κ2) is 12.7. The average molecular weight is 554 g/mol. The highest BCUT2D eigenvalue weighted by molar-refractivity contribution is 7.10. The molecule has 1 aromatic heterocycles. The Morgan fingerprint density at radius 3 is 2.66 bits per heavy atom. The van der Waals surface area contributed by atoms with Gasteiger partial charge in [-0.15, -0.1) is 11.3 Å². The quantitative estimate of drug-likeness (QED) is 0.307. The van der Waals surface area contributed by atoms with Crippen LogP contribution in [-0.4, -0.2) is 48.0 Å². The van der Waals surface area contributed by atoms with Gasteiger partial charge in [-0.1, -0.05) is 49.6 Å². The zero-order valence-corrected chi connectivity index (χ0v) is 24.1. The van der Waals surface area contributed by atoms with E-state index in [1.807, 2.05) is 61.2 Å². The second-order valence-electron chi connectivity index (χ2n) is 10.1. The number of benzene rings is 2. The first-order chi connectivity index (χ1) is 18.2. The van der Waals surface area contributed by atoms with Crippen molar-refractivity contribution in [2.45, 2.75) is 46.6 Å². The predicted octanol–water partition coefficient (Wildman–Crippen LogP) is 7.10. The lowest BCUT2D eigenvalue weighted by atomic mass is 10.00. The van der Waals surface area contributed by atoms with Gasteiger partial charge in [-0.3, -0.25) is 4.79 Å². The van der Waals surface area contributed by atoms with Gasteiger partial charge < -0.3 is 19.9 Å². The number of nitrogens with zero attached hydrogens (tertiary/aromatic N) is 2. The van der Waals surface area contributed by atoms with E-state index >= 15 is 0 Å². The second-order valence-corrected chi connectivity index (χ2v) is 11.5.